The minimum Gasteiger partial charge on any atom is -0.481 e. The summed E-state index contributed by atoms with van der Waals surface area (Å²) in [6.45, 7) is 0.507. The zero-order valence-corrected chi connectivity index (χ0v) is 18.3. The maximum Gasteiger partial charge on any atom is 0.333 e. The second-order valence-electron chi connectivity index (χ2n) is 7.43. The molecule has 1 unspecified atom stereocenters. The summed E-state index contributed by atoms with van der Waals surface area (Å²) in [7, 11) is 1.38. The summed E-state index contributed by atoms with van der Waals surface area (Å²) in [4.78, 5) is 11.1. The lowest BCUT2D eigenvalue weighted by molar-refractivity contribution is -0.148. The summed E-state index contributed by atoms with van der Waals surface area (Å²) in [5.74, 6) is 5.16. The smallest absolute Gasteiger partial charge is 0.333 e. The molecule has 0 saturated carbocycles. The number of carboxylic acid groups (broad SMARTS) is 1. The van der Waals surface area contributed by atoms with Crippen LogP contribution in [0.3, 0.4) is 0 Å². The summed E-state index contributed by atoms with van der Waals surface area (Å²) < 4.78 is 24.8. The van der Waals surface area contributed by atoms with Crippen molar-refractivity contribution in [2.45, 2.75) is 18.4 Å². The van der Waals surface area contributed by atoms with Crippen LogP contribution in [0.2, 0.25) is 0 Å². The van der Waals surface area contributed by atoms with E-state index in [-0.39, 0.29) is 18.3 Å². The highest BCUT2D eigenvalue weighted by molar-refractivity contribution is 5.72. The summed E-state index contributed by atoms with van der Waals surface area (Å²) >= 11 is 0. The molecule has 33 heavy (non-hydrogen) atoms. The van der Waals surface area contributed by atoms with Crippen molar-refractivity contribution < 1.29 is 23.8 Å². The first-order valence-electron chi connectivity index (χ1n) is 10.5. The molecule has 3 aromatic rings. The van der Waals surface area contributed by atoms with Gasteiger partial charge in [-0.15, -0.1) is 0 Å². The molecule has 0 aliphatic rings. The fourth-order valence-electron chi connectivity index (χ4n) is 3.46. The third-order valence-electron chi connectivity index (χ3n) is 5.28. The lowest BCUT2D eigenvalue weighted by Gasteiger charge is -2.17. The first kappa shape index (κ1) is 24.0. The molecule has 5 nitrogen and oxygen atoms in total. The van der Waals surface area contributed by atoms with Gasteiger partial charge in [0.25, 0.3) is 0 Å². The van der Waals surface area contributed by atoms with Crippen LogP contribution in [0, 0.1) is 17.7 Å². The fraction of sp³-hybridized carbons (Fsp3) is 0.222. The van der Waals surface area contributed by atoms with Crippen LogP contribution in [0.25, 0.3) is 0 Å². The first-order valence-corrected chi connectivity index (χ1v) is 10.5. The number of methoxy groups -OCH3 is 1. The van der Waals surface area contributed by atoms with Crippen LogP contribution in [0.5, 0.6) is 5.75 Å². The molecule has 0 aliphatic carbocycles. The van der Waals surface area contributed by atoms with Crippen LogP contribution >= 0.6 is 0 Å². The normalized spacial score (nSPS) is 12.3. The summed E-state index contributed by atoms with van der Waals surface area (Å²) in [5, 5.41) is 9.06. The molecular weight excluding hydrogens is 421 g/mol. The Morgan fingerprint density at radius 3 is 2.36 bits per heavy atom. The van der Waals surface area contributed by atoms with Crippen molar-refractivity contribution in [1.29, 1.82) is 0 Å². The Balaban J connectivity index is 1.55. The van der Waals surface area contributed by atoms with Crippen LogP contribution in [0.4, 0.5) is 4.39 Å². The number of benzene rings is 3. The van der Waals surface area contributed by atoms with E-state index >= 15 is 0 Å². The lowest BCUT2D eigenvalue weighted by atomic mass is 9.91. The third kappa shape index (κ3) is 6.66. The van der Waals surface area contributed by atoms with E-state index in [1.807, 2.05) is 48.5 Å². The van der Waals surface area contributed by atoms with Gasteiger partial charge in [-0.1, -0.05) is 54.3 Å². The number of hydrogen-bond donors (Lipinski definition) is 2. The molecule has 0 aromatic heterocycles. The van der Waals surface area contributed by atoms with E-state index in [1.54, 1.807) is 18.2 Å². The zero-order valence-electron chi connectivity index (χ0n) is 18.3. The van der Waals surface area contributed by atoms with Gasteiger partial charge in [-0.2, -0.15) is 0 Å². The van der Waals surface area contributed by atoms with Gasteiger partial charge >= 0.3 is 5.97 Å². The first-order chi connectivity index (χ1) is 16.0. The van der Waals surface area contributed by atoms with Crippen LogP contribution in [-0.4, -0.2) is 37.4 Å². The third-order valence-corrected chi connectivity index (χ3v) is 5.28. The second kappa shape index (κ2) is 11.8. The van der Waals surface area contributed by atoms with Gasteiger partial charge in [0.2, 0.25) is 0 Å². The van der Waals surface area contributed by atoms with E-state index in [0.29, 0.717) is 24.3 Å². The highest BCUT2D eigenvalue weighted by Crippen LogP contribution is 2.27. The molecular formula is C27H26FNO4. The van der Waals surface area contributed by atoms with E-state index in [9.17, 15) is 9.18 Å². The predicted octanol–water partition coefficient (Wildman–Crippen LogP) is 3.99. The fourth-order valence-corrected chi connectivity index (χ4v) is 3.46. The van der Waals surface area contributed by atoms with E-state index in [4.69, 9.17) is 20.3 Å². The number of rotatable bonds is 9. The largest absolute Gasteiger partial charge is 0.481 e. The SMILES string of the molecule is CO[C@@H](Cc1ccc(C#CCOc2ccc(C(CN)c3ccccc3F)cc2)cc1)C(=O)O. The molecule has 3 aromatic carbocycles. The van der Waals surface area contributed by atoms with Gasteiger partial charge in [-0.3, -0.25) is 0 Å². The predicted molar refractivity (Wildman–Crippen MR) is 125 cm³/mol. The minimum atomic E-state index is -0.989. The summed E-state index contributed by atoms with van der Waals surface area (Å²) in [6.07, 6.45) is -0.575. The van der Waals surface area contributed by atoms with Crippen molar-refractivity contribution in [1.82, 2.24) is 0 Å². The Hall–Kier alpha value is -3.66. The van der Waals surface area contributed by atoms with Gasteiger partial charge < -0.3 is 20.3 Å². The monoisotopic (exact) mass is 447 g/mol. The molecule has 0 fully saturated rings. The van der Waals surface area contributed by atoms with Gasteiger partial charge in [0, 0.05) is 31.6 Å². The van der Waals surface area contributed by atoms with Gasteiger partial charge in [0.05, 0.1) is 0 Å². The van der Waals surface area contributed by atoms with E-state index in [0.717, 1.165) is 16.7 Å². The number of ether oxygens (including phenoxy) is 2. The van der Waals surface area contributed by atoms with Crippen molar-refractivity contribution in [3.05, 3.63) is 101 Å². The molecule has 3 rings (SSSR count). The van der Waals surface area contributed by atoms with Crippen molar-refractivity contribution in [3.63, 3.8) is 0 Å². The van der Waals surface area contributed by atoms with Gasteiger partial charge in [0.15, 0.2) is 6.10 Å². The Kier molecular flexibility index (Phi) is 8.59. The molecule has 3 N–H and O–H groups in total. The van der Waals surface area contributed by atoms with E-state index in [2.05, 4.69) is 11.8 Å². The number of nitrogens with two attached hydrogens (primary N) is 1. The zero-order chi connectivity index (χ0) is 23.6. The Morgan fingerprint density at radius 1 is 1.06 bits per heavy atom. The van der Waals surface area contributed by atoms with Crippen molar-refractivity contribution >= 4 is 5.97 Å². The number of halogens is 1. The number of hydrogen-bond acceptors (Lipinski definition) is 4. The average Bonchev–Trinajstić information content (AvgIpc) is 2.83. The molecule has 2 atom stereocenters. The van der Waals surface area contributed by atoms with Gasteiger partial charge in [-0.25, -0.2) is 9.18 Å². The maximum absolute atomic E-state index is 14.1. The molecule has 0 saturated heterocycles. The number of aliphatic carboxylic acids is 1. The van der Waals surface area contributed by atoms with Crippen LogP contribution in [0.1, 0.15) is 28.2 Å². The molecule has 170 valence electrons. The highest BCUT2D eigenvalue weighted by Gasteiger charge is 2.17. The van der Waals surface area contributed by atoms with Crippen LogP contribution in [0.15, 0.2) is 72.8 Å². The van der Waals surface area contributed by atoms with Gasteiger partial charge in [-0.05, 0) is 47.0 Å². The topological polar surface area (TPSA) is 81.8 Å². The van der Waals surface area contributed by atoms with Crippen LogP contribution < -0.4 is 10.5 Å². The lowest BCUT2D eigenvalue weighted by Crippen LogP contribution is -2.24. The van der Waals surface area contributed by atoms with Crippen molar-refractivity contribution in [3.8, 4) is 17.6 Å². The second-order valence-corrected chi connectivity index (χ2v) is 7.43. The molecule has 0 heterocycles. The van der Waals surface area contributed by atoms with Crippen LogP contribution in [-0.2, 0) is 16.0 Å². The molecule has 0 bridgehead atoms. The van der Waals surface area contributed by atoms with Crippen molar-refractivity contribution in [2.75, 3.05) is 20.3 Å². The molecule has 0 spiro atoms. The average molecular weight is 448 g/mol. The Morgan fingerprint density at radius 2 is 1.76 bits per heavy atom. The molecule has 0 amide bonds. The summed E-state index contributed by atoms with van der Waals surface area (Å²) in [5.41, 5.74) is 9.06. The number of carbonyl (C=O) groups is 1. The number of carboxylic acids is 1. The highest BCUT2D eigenvalue weighted by atomic mass is 19.1. The molecule has 6 heteroatoms. The van der Waals surface area contributed by atoms with E-state index < -0.39 is 12.1 Å². The summed E-state index contributed by atoms with van der Waals surface area (Å²) in [6, 6.07) is 21.4. The minimum absolute atomic E-state index is 0.208. The van der Waals surface area contributed by atoms with E-state index in [1.165, 1.54) is 13.2 Å². The Labute approximate surface area is 193 Å². The van der Waals surface area contributed by atoms with Gasteiger partial charge in [0.1, 0.15) is 18.2 Å². The van der Waals surface area contributed by atoms with Crippen molar-refractivity contribution in [2.24, 2.45) is 5.73 Å². The standard InChI is InChI=1S/C27H26FNO4/c1-32-26(27(30)31)17-20-10-8-19(9-11-20)5-4-16-33-22-14-12-21(13-15-22)24(18-29)23-6-2-3-7-25(23)28/h2-3,6-15,24,26H,16-18,29H2,1H3,(H,30,31)/t24?,26-/m0/s1. The Bertz CT molecular complexity index is 1120. The molecule has 0 aliphatic heterocycles. The maximum atomic E-state index is 14.1. The molecule has 0 radical (unpaired) electrons. The quantitative estimate of drug-likeness (QED) is 0.485.